The Kier molecular flexibility index (Phi) is 6.73. The van der Waals surface area contributed by atoms with Crippen molar-refractivity contribution in [2.24, 2.45) is 0 Å². The van der Waals surface area contributed by atoms with Gasteiger partial charge in [0.2, 0.25) is 0 Å². The number of hydrogen-bond donors (Lipinski definition) is 0. The van der Waals surface area contributed by atoms with Gasteiger partial charge in [0.05, 0.1) is 12.5 Å². The Balaban J connectivity index is 0.000000437. The topological polar surface area (TPSA) is 9.23 Å². The van der Waals surface area contributed by atoms with Crippen LogP contribution >= 0.6 is 0 Å². The molecule has 0 aromatic heterocycles. The molecule has 0 spiro atoms. The van der Waals surface area contributed by atoms with E-state index in [0.29, 0.717) is 0 Å². The third-order valence-corrected chi connectivity index (χ3v) is 2.18. The van der Waals surface area contributed by atoms with E-state index in [1.165, 1.54) is 23.7 Å². The van der Waals surface area contributed by atoms with Crippen LogP contribution in [-0.4, -0.2) is 0 Å². The summed E-state index contributed by atoms with van der Waals surface area (Å²) in [4.78, 5) is 0. The van der Waals surface area contributed by atoms with Crippen LogP contribution in [0.2, 0.25) is 0 Å². The minimum absolute atomic E-state index is 0.213. The molecular formula is C16H22O. The Hall–Kier alpha value is -1.76. The molecule has 0 heterocycles. The van der Waals surface area contributed by atoms with E-state index in [1.807, 2.05) is 12.1 Å². The van der Waals surface area contributed by atoms with E-state index in [1.54, 1.807) is 0 Å². The second kappa shape index (κ2) is 7.50. The molecule has 0 unspecified atom stereocenters. The van der Waals surface area contributed by atoms with Crippen LogP contribution in [0.1, 0.15) is 31.9 Å². The number of benzene rings is 1. The summed E-state index contributed by atoms with van der Waals surface area (Å²) in [6, 6.07) is 8.39. The molecule has 92 valence electrons. The predicted molar refractivity (Wildman–Crippen MR) is 76.7 cm³/mol. The van der Waals surface area contributed by atoms with E-state index in [0.717, 1.165) is 0 Å². The molecule has 0 N–H and O–H groups in total. The van der Waals surface area contributed by atoms with Crippen LogP contribution in [0.4, 0.5) is 0 Å². The third kappa shape index (κ3) is 5.76. The van der Waals surface area contributed by atoms with E-state index in [-0.39, 0.29) is 5.41 Å². The van der Waals surface area contributed by atoms with Crippen LogP contribution in [0, 0.1) is 0 Å². The SMILES string of the molecule is C=COC=C.C=Cc1ccccc1C(C)(C)C. The Bertz CT molecular complexity index is 363. The van der Waals surface area contributed by atoms with E-state index in [2.05, 4.69) is 63.4 Å². The highest BCUT2D eigenvalue weighted by molar-refractivity contribution is 5.53. The van der Waals surface area contributed by atoms with Crippen molar-refractivity contribution in [2.45, 2.75) is 26.2 Å². The largest absolute Gasteiger partial charge is 0.474 e. The maximum atomic E-state index is 4.36. The standard InChI is InChI=1S/C12H16.C4H6O/c1-5-10-8-6-7-9-11(10)12(2,3)4;1-3-5-4-2/h5-9H,1H2,2-4H3;3-4H,1-2H2. The van der Waals surface area contributed by atoms with Crippen LogP contribution in [0.25, 0.3) is 6.08 Å². The van der Waals surface area contributed by atoms with Crippen LogP contribution < -0.4 is 0 Å². The van der Waals surface area contributed by atoms with Gasteiger partial charge in [-0.15, -0.1) is 0 Å². The fraction of sp³-hybridized carbons (Fsp3) is 0.250. The fourth-order valence-electron chi connectivity index (χ4n) is 1.43. The zero-order valence-corrected chi connectivity index (χ0v) is 11.1. The molecule has 0 aliphatic carbocycles. The third-order valence-electron chi connectivity index (χ3n) is 2.18. The van der Waals surface area contributed by atoms with Gasteiger partial charge in [0.25, 0.3) is 0 Å². The summed E-state index contributed by atoms with van der Waals surface area (Å²) < 4.78 is 4.36. The zero-order valence-electron chi connectivity index (χ0n) is 11.1. The minimum atomic E-state index is 0.213. The van der Waals surface area contributed by atoms with Crippen molar-refractivity contribution in [1.82, 2.24) is 0 Å². The van der Waals surface area contributed by atoms with Gasteiger partial charge in [0.1, 0.15) is 0 Å². The quantitative estimate of drug-likeness (QED) is 0.670. The van der Waals surface area contributed by atoms with Crippen LogP contribution in [-0.2, 0) is 10.2 Å². The highest BCUT2D eigenvalue weighted by atomic mass is 16.5. The van der Waals surface area contributed by atoms with E-state index in [9.17, 15) is 0 Å². The average molecular weight is 230 g/mol. The Labute approximate surface area is 105 Å². The molecule has 1 nitrogen and oxygen atoms in total. The van der Waals surface area contributed by atoms with Gasteiger partial charge in [0, 0.05) is 0 Å². The van der Waals surface area contributed by atoms with E-state index in [4.69, 9.17) is 0 Å². The first-order valence-corrected chi connectivity index (χ1v) is 5.56. The van der Waals surface area contributed by atoms with Crippen LogP contribution in [0.15, 0.2) is 56.5 Å². The zero-order chi connectivity index (χ0) is 13.3. The van der Waals surface area contributed by atoms with E-state index < -0.39 is 0 Å². The lowest BCUT2D eigenvalue weighted by Gasteiger charge is -2.21. The lowest BCUT2D eigenvalue weighted by molar-refractivity contribution is 0.406. The van der Waals surface area contributed by atoms with Crippen LogP contribution in [0.5, 0.6) is 0 Å². The summed E-state index contributed by atoms with van der Waals surface area (Å²) in [7, 11) is 0. The van der Waals surface area contributed by atoms with Gasteiger partial charge in [-0.25, -0.2) is 0 Å². The molecule has 0 saturated carbocycles. The Morgan fingerprint density at radius 3 is 1.82 bits per heavy atom. The Morgan fingerprint density at radius 1 is 1.00 bits per heavy atom. The van der Waals surface area contributed by atoms with Crippen molar-refractivity contribution in [3.05, 3.63) is 67.7 Å². The smallest absolute Gasteiger partial charge is 0.0829 e. The molecule has 0 fully saturated rings. The average Bonchev–Trinajstić information content (AvgIpc) is 2.30. The normalized spacial score (nSPS) is 9.59. The van der Waals surface area contributed by atoms with Gasteiger partial charge in [-0.2, -0.15) is 0 Å². The predicted octanol–water partition coefficient (Wildman–Crippen LogP) is 4.92. The first kappa shape index (κ1) is 15.2. The van der Waals surface area contributed by atoms with Crippen molar-refractivity contribution in [1.29, 1.82) is 0 Å². The van der Waals surface area contributed by atoms with Crippen LogP contribution in [0.3, 0.4) is 0 Å². The molecule has 1 rings (SSSR count). The number of ether oxygens (including phenoxy) is 1. The summed E-state index contributed by atoms with van der Waals surface area (Å²) in [6.07, 6.45) is 4.54. The molecular weight excluding hydrogens is 208 g/mol. The second-order valence-electron chi connectivity index (χ2n) is 4.51. The van der Waals surface area contributed by atoms with Gasteiger partial charge in [-0.3, -0.25) is 0 Å². The fourth-order valence-corrected chi connectivity index (χ4v) is 1.43. The molecule has 0 aliphatic heterocycles. The van der Waals surface area contributed by atoms with Gasteiger partial charge in [-0.05, 0) is 16.5 Å². The highest BCUT2D eigenvalue weighted by Crippen LogP contribution is 2.25. The molecule has 0 atom stereocenters. The monoisotopic (exact) mass is 230 g/mol. The van der Waals surface area contributed by atoms with Crippen molar-refractivity contribution < 1.29 is 4.74 Å². The highest BCUT2D eigenvalue weighted by Gasteiger charge is 2.15. The molecule has 0 saturated heterocycles. The first-order chi connectivity index (χ1) is 7.97. The molecule has 17 heavy (non-hydrogen) atoms. The number of rotatable bonds is 3. The summed E-state index contributed by atoms with van der Waals surface area (Å²) >= 11 is 0. The molecule has 0 radical (unpaired) electrons. The Morgan fingerprint density at radius 2 is 1.53 bits per heavy atom. The summed E-state index contributed by atoms with van der Waals surface area (Å²) in [5, 5.41) is 0. The van der Waals surface area contributed by atoms with E-state index >= 15 is 0 Å². The molecule has 0 amide bonds. The first-order valence-electron chi connectivity index (χ1n) is 5.56. The summed E-state index contributed by atoms with van der Waals surface area (Å²) in [5.74, 6) is 0. The van der Waals surface area contributed by atoms with Gasteiger partial charge >= 0.3 is 0 Å². The molecule has 1 heteroatoms. The maximum absolute atomic E-state index is 4.36. The molecule has 0 aliphatic rings. The minimum Gasteiger partial charge on any atom is -0.474 e. The van der Waals surface area contributed by atoms with Gasteiger partial charge in [0.15, 0.2) is 0 Å². The van der Waals surface area contributed by atoms with Crippen molar-refractivity contribution >= 4 is 6.08 Å². The van der Waals surface area contributed by atoms with Gasteiger partial charge < -0.3 is 4.74 Å². The van der Waals surface area contributed by atoms with Crippen molar-refractivity contribution in [3.8, 4) is 0 Å². The van der Waals surface area contributed by atoms with Gasteiger partial charge in [-0.1, -0.05) is 70.8 Å². The second-order valence-corrected chi connectivity index (χ2v) is 4.51. The molecule has 1 aromatic rings. The lowest BCUT2D eigenvalue weighted by Crippen LogP contribution is -2.12. The summed E-state index contributed by atoms with van der Waals surface area (Å²) in [6.45, 7) is 17.0. The lowest BCUT2D eigenvalue weighted by atomic mass is 9.84. The van der Waals surface area contributed by atoms with Crippen molar-refractivity contribution in [3.63, 3.8) is 0 Å². The maximum Gasteiger partial charge on any atom is 0.0829 e. The summed E-state index contributed by atoms with van der Waals surface area (Å²) in [5.41, 5.74) is 2.81. The molecule has 0 bridgehead atoms. The van der Waals surface area contributed by atoms with Crippen molar-refractivity contribution in [2.75, 3.05) is 0 Å². The molecule has 1 aromatic carbocycles. The number of hydrogen-bond acceptors (Lipinski definition) is 1.